The average molecular weight is 498 g/mol. The van der Waals surface area contributed by atoms with Gasteiger partial charge in [-0.2, -0.15) is 0 Å². The lowest BCUT2D eigenvalue weighted by atomic mass is 10.1. The molecule has 3 aromatic rings. The number of para-hydroxylation sites is 1. The summed E-state index contributed by atoms with van der Waals surface area (Å²) in [6.07, 6.45) is 1.58. The Bertz CT molecular complexity index is 1340. The van der Waals surface area contributed by atoms with Gasteiger partial charge in [-0.3, -0.25) is 9.59 Å². The molecule has 35 heavy (non-hydrogen) atoms. The fourth-order valence-corrected chi connectivity index (χ4v) is 4.14. The van der Waals surface area contributed by atoms with Crippen LogP contribution in [0.5, 0.6) is 5.75 Å². The number of esters is 1. The van der Waals surface area contributed by atoms with E-state index in [0.29, 0.717) is 18.7 Å². The van der Waals surface area contributed by atoms with Crippen LogP contribution in [0.4, 0.5) is 0 Å². The molecular formula is C24H23N3O7S. The van der Waals surface area contributed by atoms with Crippen molar-refractivity contribution >= 4 is 27.8 Å². The van der Waals surface area contributed by atoms with Gasteiger partial charge in [0.1, 0.15) is 11.4 Å². The minimum Gasteiger partial charge on any atom is -0.496 e. The molecule has 1 aromatic heterocycles. The number of pyridine rings is 1. The quantitative estimate of drug-likeness (QED) is 0.428. The summed E-state index contributed by atoms with van der Waals surface area (Å²) in [5.74, 6) is -1.39. The lowest BCUT2D eigenvalue weighted by Crippen LogP contribution is -2.31. The Balaban J connectivity index is 1.65. The smallest absolute Gasteiger partial charge is 0.356 e. The lowest BCUT2D eigenvalue weighted by molar-refractivity contribution is 0.0593. The molecule has 2 N–H and O–H groups in total. The SMILES string of the molecule is COC(=O)c1ccc(C(=O)NS(=O)(=O)c2cccc(C(=O)NCCc3ccccc3OC)c2)cn1. The van der Waals surface area contributed by atoms with Crippen molar-refractivity contribution < 1.29 is 32.3 Å². The first kappa shape index (κ1) is 25.4. The number of ether oxygens (including phenoxy) is 2. The molecule has 0 radical (unpaired) electrons. The summed E-state index contributed by atoms with van der Waals surface area (Å²) in [4.78, 5) is 39.9. The van der Waals surface area contributed by atoms with Crippen LogP contribution in [0.15, 0.2) is 71.8 Å². The van der Waals surface area contributed by atoms with Crippen LogP contribution < -0.4 is 14.8 Å². The lowest BCUT2D eigenvalue weighted by Gasteiger charge is -2.10. The second-order valence-electron chi connectivity index (χ2n) is 7.20. The Morgan fingerprint density at radius 1 is 0.914 bits per heavy atom. The fourth-order valence-electron chi connectivity index (χ4n) is 3.12. The molecule has 0 spiro atoms. The van der Waals surface area contributed by atoms with Crippen LogP contribution in [0.25, 0.3) is 0 Å². The number of nitrogens with one attached hydrogen (secondary N) is 2. The molecule has 3 rings (SSSR count). The van der Waals surface area contributed by atoms with Gasteiger partial charge in [0.25, 0.3) is 21.8 Å². The molecule has 182 valence electrons. The molecule has 0 atom stereocenters. The zero-order valence-corrected chi connectivity index (χ0v) is 19.8. The van der Waals surface area contributed by atoms with Gasteiger partial charge < -0.3 is 14.8 Å². The molecule has 2 amide bonds. The average Bonchev–Trinajstić information content (AvgIpc) is 2.88. The van der Waals surface area contributed by atoms with Crippen LogP contribution in [-0.2, 0) is 21.2 Å². The highest BCUT2D eigenvalue weighted by Crippen LogP contribution is 2.17. The summed E-state index contributed by atoms with van der Waals surface area (Å²) in [5, 5.41) is 2.74. The monoisotopic (exact) mass is 497 g/mol. The number of rotatable bonds is 9. The van der Waals surface area contributed by atoms with Crippen molar-refractivity contribution in [2.24, 2.45) is 0 Å². The van der Waals surface area contributed by atoms with E-state index in [1.807, 2.05) is 29.0 Å². The molecule has 0 aliphatic carbocycles. The number of benzene rings is 2. The first-order valence-corrected chi connectivity index (χ1v) is 11.8. The summed E-state index contributed by atoms with van der Waals surface area (Å²) in [6.45, 7) is 0.307. The molecule has 0 aliphatic rings. The van der Waals surface area contributed by atoms with Gasteiger partial charge in [-0.15, -0.1) is 0 Å². The van der Waals surface area contributed by atoms with E-state index in [1.165, 1.54) is 43.5 Å². The Morgan fingerprint density at radius 3 is 2.37 bits per heavy atom. The van der Waals surface area contributed by atoms with Crippen LogP contribution in [0.3, 0.4) is 0 Å². The van der Waals surface area contributed by atoms with Gasteiger partial charge in [0.15, 0.2) is 0 Å². The molecule has 0 saturated carbocycles. The zero-order chi connectivity index (χ0) is 25.4. The number of carbonyl (C=O) groups is 3. The maximum Gasteiger partial charge on any atom is 0.356 e. The molecule has 10 nitrogen and oxygen atoms in total. The second-order valence-corrected chi connectivity index (χ2v) is 8.89. The summed E-state index contributed by atoms with van der Waals surface area (Å²) < 4.78 is 37.2. The van der Waals surface area contributed by atoms with E-state index in [2.05, 4.69) is 15.0 Å². The maximum atomic E-state index is 12.7. The Labute approximate surface area is 202 Å². The van der Waals surface area contributed by atoms with E-state index >= 15 is 0 Å². The van der Waals surface area contributed by atoms with Crippen molar-refractivity contribution in [3.63, 3.8) is 0 Å². The van der Waals surface area contributed by atoms with E-state index in [4.69, 9.17) is 4.74 Å². The van der Waals surface area contributed by atoms with E-state index in [9.17, 15) is 22.8 Å². The number of carbonyl (C=O) groups excluding carboxylic acids is 3. The Kier molecular flexibility index (Phi) is 8.16. The molecule has 0 fully saturated rings. The number of nitrogens with zero attached hydrogens (tertiary/aromatic N) is 1. The molecular weight excluding hydrogens is 474 g/mol. The van der Waals surface area contributed by atoms with E-state index in [-0.39, 0.29) is 21.7 Å². The first-order chi connectivity index (χ1) is 16.7. The minimum atomic E-state index is -4.28. The van der Waals surface area contributed by atoms with Crippen LogP contribution in [-0.4, -0.2) is 51.9 Å². The molecule has 0 aliphatic heterocycles. The van der Waals surface area contributed by atoms with Crippen molar-refractivity contribution in [2.45, 2.75) is 11.3 Å². The topological polar surface area (TPSA) is 141 Å². The predicted octanol–water partition coefficient (Wildman–Crippen LogP) is 1.97. The van der Waals surface area contributed by atoms with E-state index in [0.717, 1.165) is 11.8 Å². The number of hydrogen-bond acceptors (Lipinski definition) is 8. The van der Waals surface area contributed by atoms with Crippen LogP contribution in [0, 0.1) is 0 Å². The highest BCUT2D eigenvalue weighted by Gasteiger charge is 2.21. The highest BCUT2D eigenvalue weighted by atomic mass is 32.2. The van der Waals surface area contributed by atoms with Crippen molar-refractivity contribution in [3.05, 3.63) is 89.2 Å². The van der Waals surface area contributed by atoms with Gasteiger partial charge in [0, 0.05) is 18.3 Å². The molecule has 11 heteroatoms. The second kappa shape index (κ2) is 11.3. The van der Waals surface area contributed by atoms with Gasteiger partial charge in [0.05, 0.1) is 24.7 Å². The van der Waals surface area contributed by atoms with Crippen molar-refractivity contribution in [1.82, 2.24) is 15.0 Å². The summed E-state index contributed by atoms with van der Waals surface area (Å²) in [7, 11) is -1.53. The number of sulfonamides is 1. The van der Waals surface area contributed by atoms with E-state index in [1.54, 1.807) is 7.11 Å². The largest absolute Gasteiger partial charge is 0.496 e. The third kappa shape index (κ3) is 6.42. The highest BCUT2D eigenvalue weighted by molar-refractivity contribution is 7.90. The van der Waals surface area contributed by atoms with Crippen LogP contribution in [0.1, 0.15) is 36.8 Å². The summed E-state index contributed by atoms with van der Waals surface area (Å²) in [5.41, 5.74) is 0.927. The van der Waals surface area contributed by atoms with Crippen molar-refractivity contribution in [2.75, 3.05) is 20.8 Å². The molecule has 1 heterocycles. The number of hydrogen-bond donors (Lipinski definition) is 2. The molecule has 2 aromatic carbocycles. The van der Waals surface area contributed by atoms with Gasteiger partial charge in [-0.1, -0.05) is 24.3 Å². The van der Waals surface area contributed by atoms with Gasteiger partial charge in [-0.25, -0.2) is 22.9 Å². The van der Waals surface area contributed by atoms with Crippen molar-refractivity contribution in [1.29, 1.82) is 0 Å². The Morgan fingerprint density at radius 2 is 1.69 bits per heavy atom. The molecule has 0 bridgehead atoms. The van der Waals surface area contributed by atoms with Crippen molar-refractivity contribution in [3.8, 4) is 5.75 Å². The zero-order valence-electron chi connectivity index (χ0n) is 19.0. The maximum absolute atomic E-state index is 12.7. The summed E-state index contributed by atoms with van der Waals surface area (Å²) in [6, 6.07) is 15.2. The normalized spacial score (nSPS) is 10.8. The first-order valence-electron chi connectivity index (χ1n) is 10.4. The van der Waals surface area contributed by atoms with Gasteiger partial charge in [0.2, 0.25) is 0 Å². The molecule has 0 unspecified atom stereocenters. The minimum absolute atomic E-state index is 0.0312. The fraction of sp³-hybridized carbons (Fsp3) is 0.167. The van der Waals surface area contributed by atoms with Crippen LogP contribution >= 0.6 is 0 Å². The van der Waals surface area contributed by atoms with Gasteiger partial charge in [-0.05, 0) is 48.4 Å². The number of methoxy groups -OCH3 is 2. The number of amides is 2. The van der Waals surface area contributed by atoms with Crippen LogP contribution in [0.2, 0.25) is 0 Å². The van der Waals surface area contributed by atoms with Gasteiger partial charge >= 0.3 is 5.97 Å². The number of aromatic nitrogens is 1. The third-order valence-electron chi connectivity index (χ3n) is 4.93. The van der Waals surface area contributed by atoms with E-state index < -0.39 is 27.8 Å². The summed E-state index contributed by atoms with van der Waals surface area (Å²) >= 11 is 0. The predicted molar refractivity (Wildman–Crippen MR) is 126 cm³/mol. The Hall–Kier alpha value is -4.25. The molecule has 0 saturated heterocycles. The third-order valence-corrected chi connectivity index (χ3v) is 6.25. The standard InChI is InChI=1S/C24H23N3O7S/c1-33-21-9-4-3-6-16(21)12-13-25-22(28)17-7-5-8-19(14-17)35(31,32)27-23(29)18-10-11-20(26-15-18)24(30)34-2/h3-11,14-15H,12-13H2,1-2H3,(H,25,28)(H,27,29).